The molecule has 0 bridgehead atoms. The maximum Gasteiger partial charge on any atom is 0.414 e. The van der Waals surface area contributed by atoms with E-state index >= 15 is 4.39 Å². The van der Waals surface area contributed by atoms with E-state index in [1.807, 2.05) is 44.7 Å². The number of cyclic esters (lactones) is 2. The zero-order valence-corrected chi connectivity index (χ0v) is 45.1. The summed E-state index contributed by atoms with van der Waals surface area (Å²) in [7, 11) is 5.23. The highest BCUT2D eigenvalue weighted by Gasteiger charge is 2.55. The molecule has 1 unspecified atom stereocenters. The minimum Gasteiger partial charge on any atom is -0.459 e. The van der Waals surface area contributed by atoms with Crippen molar-refractivity contribution < 1.29 is 73.0 Å². The standard InChI is InChI=1S/C52H85FN6O14/c1-14-41-52(10,67)44(62)32(6)57(12)23-28(2)21-50(8,66)46(30(4)42(31(5)47(64)72-41)40-22-51(9,68-13)45(63)33(7)70-40)73-48-43(61)39(19-29(3)69-48)56(11)18-17-35-25-58(55-54-35)24-34-15-16-36(20-38(34)53)59-26-37(27-60)71-49(59)65/h15-16,20,25,28-33,37,39-46,48,60-63,66-67H,14,17-19,21-24,26-27H2,1-13H3/t28-,29-,30+,31-,32-,33+,37-,39+,40?,41-,42+,43-,44-,45+,46-,48+,50-,51-,52-/m1/s1. The Bertz CT molecular complexity index is 2150. The molecule has 5 heterocycles. The minimum atomic E-state index is -1.84. The number of amides is 1. The minimum absolute atomic E-state index is 0.0801. The van der Waals surface area contributed by atoms with Gasteiger partial charge in [0, 0.05) is 62.8 Å². The van der Waals surface area contributed by atoms with Gasteiger partial charge in [0.05, 0.1) is 72.6 Å². The maximum atomic E-state index is 15.3. The third-order valence-corrected chi connectivity index (χ3v) is 16.5. The molecule has 6 N–H and O–H groups in total. The highest BCUT2D eigenvalue weighted by Crippen LogP contribution is 2.45. The predicted molar refractivity (Wildman–Crippen MR) is 266 cm³/mol. The summed E-state index contributed by atoms with van der Waals surface area (Å²) in [6.07, 6.45) is -6.98. The lowest BCUT2D eigenvalue weighted by atomic mass is 9.68. The van der Waals surface area contributed by atoms with Gasteiger partial charge in [-0.2, -0.15) is 0 Å². The quantitative estimate of drug-likeness (QED) is 0.158. The maximum absolute atomic E-state index is 15.3. The highest BCUT2D eigenvalue weighted by atomic mass is 19.1. The molecule has 0 aliphatic carbocycles. The molecule has 414 valence electrons. The molecule has 4 aliphatic rings. The van der Waals surface area contributed by atoms with Crippen molar-refractivity contribution in [1.29, 1.82) is 0 Å². The number of aromatic nitrogens is 3. The molecule has 4 saturated heterocycles. The molecule has 20 nitrogen and oxygen atoms in total. The number of nitrogens with zero attached hydrogens (tertiary/aromatic N) is 6. The average Bonchev–Trinajstić information content (AvgIpc) is 3.96. The van der Waals surface area contributed by atoms with E-state index < -0.39 is 126 Å². The van der Waals surface area contributed by atoms with E-state index in [0.717, 1.165) is 0 Å². The molecule has 6 rings (SSSR count). The molecular weight excluding hydrogens is 952 g/mol. The van der Waals surface area contributed by atoms with Crippen LogP contribution >= 0.6 is 0 Å². The Kier molecular flexibility index (Phi) is 19.2. The summed E-state index contributed by atoms with van der Waals surface area (Å²) >= 11 is 0. The number of aliphatic hydroxyl groups excluding tert-OH is 4. The van der Waals surface area contributed by atoms with Gasteiger partial charge in [-0.25, -0.2) is 13.9 Å². The van der Waals surface area contributed by atoms with E-state index in [2.05, 4.69) is 10.3 Å². The Balaban J connectivity index is 1.25. The van der Waals surface area contributed by atoms with Gasteiger partial charge in [-0.15, -0.1) is 5.10 Å². The number of aliphatic hydroxyl groups is 6. The fourth-order valence-electron chi connectivity index (χ4n) is 12.0. The first-order chi connectivity index (χ1) is 34.2. The molecular formula is C52H85FN6O14. The smallest absolute Gasteiger partial charge is 0.414 e. The second-order valence-electron chi connectivity index (χ2n) is 22.5. The SMILES string of the molecule is CC[C@H]1OC(=O)[C@H](C)[C@@H](C2C[C@@](C)(OC)[C@@H](O)[C@H](C)O2)[C@H](C)[C@@H](O[C@@H]2O[C@H](C)C[C@H](N(C)CCc3cn(Cc4ccc(N5C[C@H](CO)OC5=O)cc4F)nn3)[C@H]2O)[C@](C)(O)C[C@@H](C)CN(C)[C@H](C)[C@@H](O)[C@]1(C)O. The van der Waals surface area contributed by atoms with Crippen LogP contribution in [0.15, 0.2) is 24.4 Å². The summed E-state index contributed by atoms with van der Waals surface area (Å²) in [5, 5.41) is 78.0. The van der Waals surface area contributed by atoms with E-state index in [0.29, 0.717) is 42.9 Å². The number of halogens is 1. The van der Waals surface area contributed by atoms with Gasteiger partial charge in [-0.1, -0.05) is 39.0 Å². The number of methoxy groups -OCH3 is 1. The van der Waals surface area contributed by atoms with Crippen LogP contribution in [0.4, 0.5) is 14.9 Å². The number of rotatable bonds is 13. The normalized spacial score (nSPS) is 40.8. The molecule has 1 aromatic heterocycles. The summed E-state index contributed by atoms with van der Waals surface area (Å²) in [5.41, 5.74) is -3.26. The number of likely N-dealkylation sites (N-methyl/N-ethyl adjacent to an activating group) is 2. The second kappa shape index (κ2) is 23.8. The molecule has 2 aromatic rings. The molecule has 21 heteroatoms. The first-order valence-corrected chi connectivity index (χ1v) is 26.0. The van der Waals surface area contributed by atoms with Gasteiger partial charge in [-0.05, 0) is 98.9 Å². The average molecular weight is 1040 g/mol. The van der Waals surface area contributed by atoms with Crippen LogP contribution in [0, 0.1) is 29.5 Å². The predicted octanol–water partition coefficient (Wildman–Crippen LogP) is 2.88. The van der Waals surface area contributed by atoms with E-state index in [1.165, 1.54) is 29.7 Å². The third-order valence-electron chi connectivity index (χ3n) is 16.5. The summed E-state index contributed by atoms with van der Waals surface area (Å²) < 4.78 is 54.0. The van der Waals surface area contributed by atoms with Crippen molar-refractivity contribution >= 4 is 17.7 Å². The van der Waals surface area contributed by atoms with Gasteiger partial charge >= 0.3 is 12.1 Å². The zero-order chi connectivity index (χ0) is 54.1. The van der Waals surface area contributed by atoms with Gasteiger partial charge in [0.15, 0.2) is 6.29 Å². The van der Waals surface area contributed by atoms with Crippen LogP contribution in [0.1, 0.15) is 106 Å². The third kappa shape index (κ3) is 13.0. The lowest BCUT2D eigenvalue weighted by molar-refractivity contribution is -0.302. The van der Waals surface area contributed by atoms with Crippen LogP contribution in [-0.2, 0) is 46.2 Å². The van der Waals surface area contributed by atoms with Gasteiger partial charge in [0.2, 0.25) is 0 Å². The number of carbonyl (C=O) groups excluding carboxylic acids is 2. The van der Waals surface area contributed by atoms with Crippen molar-refractivity contribution in [3.8, 4) is 0 Å². The van der Waals surface area contributed by atoms with Gasteiger partial charge < -0.3 is 68.9 Å². The molecule has 19 atom stereocenters. The summed E-state index contributed by atoms with van der Waals surface area (Å²) in [6, 6.07) is 3.37. The Labute approximate surface area is 430 Å². The van der Waals surface area contributed by atoms with E-state index in [9.17, 15) is 40.2 Å². The van der Waals surface area contributed by atoms with Crippen LogP contribution < -0.4 is 4.90 Å². The van der Waals surface area contributed by atoms with Gasteiger partial charge in [0.25, 0.3) is 0 Å². The molecule has 1 aromatic carbocycles. The summed E-state index contributed by atoms with van der Waals surface area (Å²) in [6.45, 7) is 18.4. The number of hydrogen-bond donors (Lipinski definition) is 6. The lowest BCUT2D eigenvalue weighted by Crippen LogP contribution is -2.62. The van der Waals surface area contributed by atoms with E-state index in [1.54, 1.807) is 59.9 Å². The summed E-state index contributed by atoms with van der Waals surface area (Å²) in [4.78, 5) is 32.1. The lowest BCUT2D eigenvalue weighted by Gasteiger charge is -2.51. The number of carbonyl (C=O) groups is 2. The van der Waals surface area contributed by atoms with Crippen molar-refractivity contribution in [3.05, 3.63) is 41.5 Å². The van der Waals surface area contributed by atoms with Crippen LogP contribution in [0.2, 0.25) is 0 Å². The molecule has 0 spiro atoms. The van der Waals surface area contributed by atoms with E-state index in [-0.39, 0.29) is 44.9 Å². The van der Waals surface area contributed by atoms with Crippen LogP contribution in [0.5, 0.6) is 0 Å². The Hall–Kier alpha value is -3.45. The second-order valence-corrected chi connectivity index (χ2v) is 22.5. The van der Waals surface area contributed by atoms with Crippen LogP contribution in [0.3, 0.4) is 0 Å². The molecule has 1 amide bonds. The molecule has 73 heavy (non-hydrogen) atoms. The van der Waals surface area contributed by atoms with Crippen LogP contribution in [-0.4, -0.2) is 205 Å². The van der Waals surface area contributed by atoms with Crippen LogP contribution in [0.25, 0.3) is 0 Å². The van der Waals surface area contributed by atoms with Crippen molar-refractivity contribution in [1.82, 2.24) is 24.8 Å². The number of ether oxygens (including phenoxy) is 6. The zero-order valence-electron chi connectivity index (χ0n) is 45.1. The van der Waals surface area contributed by atoms with Gasteiger partial charge in [-0.3, -0.25) is 9.69 Å². The Morgan fingerprint density at radius 2 is 1.67 bits per heavy atom. The number of hydrogen-bond acceptors (Lipinski definition) is 18. The number of esters is 1. The topological polar surface area (TPSA) is 251 Å². The largest absolute Gasteiger partial charge is 0.459 e. The van der Waals surface area contributed by atoms with Crippen molar-refractivity contribution in [2.45, 2.75) is 198 Å². The molecule has 4 fully saturated rings. The van der Waals surface area contributed by atoms with E-state index in [4.69, 9.17) is 28.4 Å². The fourth-order valence-corrected chi connectivity index (χ4v) is 12.0. The van der Waals surface area contributed by atoms with Gasteiger partial charge in [0.1, 0.15) is 41.9 Å². The number of benzene rings is 1. The summed E-state index contributed by atoms with van der Waals surface area (Å²) in [5.74, 6) is -3.83. The number of anilines is 1. The van der Waals surface area contributed by atoms with Crippen molar-refractivity contribution in [2.24, 2.45) is 23.7 Å². The Morgan fingerprint density at radius 3 is 2.30 bits per heavy atom. The molecule has 0 radical (unpaired) electrons. The first-order valence-electron chi connectivity index (χ1n) is 26.0. The fraction of sp³-hybridized carbons (Fsp3) is 0.808. The molecule has 4 aliphatic heterocycles. The van der Waals surface area contributed by atoms with Crippen molar-refractivity contribution in [2.75, 3.05) is 52.3 Å². The highest BCUT2D eigenvalue weighted by molar-refractivity contribution is 5.89. The van der Waals surface area contributed by atoms with Crippen molar-refractivity contribution in [3.63, 3.8) is 0 Å². The monoisotopic (exact) mass is 1040 g/mol. The first kappa shape index (κ1) is 58.8. The Morgan fingerprint density at radius 1 is 0.973 bits per heavy atom. The molecule has 0 saturated carbocycles.